The number of carbonyl (C=O) groups is 1. The molecule has 0 radical (unpaired) electrons. The Morgan fingerprint density at radius 2 is 1.71 bits per heavy atom. The van der Waals surface area contributed by atoms with Gasteiger partial charge in [0.25, 0.3) is 0 Å². The number of ether oxygens (including phenoxy) is 1. The van der Waals surface area contributed by atoms with E-state index < -0.39 is 11.7 Å². The van der Waals surface area contributed by atoms with Crippen LogP contribution in [0.2, 0.25) is 0 Å². The molecule has 1 saturated carbocycles. The van der Waals surface area contributed by atoms with Gasteiger partial charge < -0.3 is 10.1 Å². The lowest BCUT2D eigenvalue weighted by atomic mass is 10.0. The first-order valence-electron chi connectivity index (χ1n) is 7.55. The van der Waals surface area contributed by atoms with E-state index in [1.54, 1.807) is 0 Å². The fourth-order valence-corrected chi connectivity index (χ4v) is 2.13. The second kappa shape index (κ2) is 5.58. The van der Waals surface area contributed by atoms with Crippen molar-refractivity contribution in [2.75, 3.05) is 10.6 Å². The predicted molar refractivity (Wildman–Crippen MR) is 86.7 cm³/mol. The Labute approximate surface area is 127 Å². The van der Waals surface area contributed by atoms with Gasteiger partial charge in [-0.1, -0.05) is 6.92 Å². The normalized spacial score (nSPS) is 17.8. The van der Waals surface area contributed by atoms with Gasteiger partial charge >= 0.3 is 6.09 Å². The molecular weight excluding hydrogens is 264 g/mol. The van der Waals surface area contributed by atoms with Crippen molar-refractivity contribution in [2.45, 2.75) is 59.1 Å². The van der Waals surface area contributed by atoms with Gasteiger partial charge in [0.1, 0.15) is 5.60 Å². The summed E-state index contributed by atoms with van der Waals surface area (Å²) in [5, 5.41) is 6.25. The Kier molecular flexibility index (Phi) is 4.17. The van der Waals surface area contributed by atoms with E-state index in [2.05, 4.69) is 24.5 Å². The molecule has 4 nitrogen and oxygen atoms in total. The van der Waals surface area contributed by atoms with Gasteiger partial charge in [-0.25, -0.2) is 4.79 Å². The average molecular weight is 290 g/mol. The maximum absolute atomic E-state index is 11.7. The summed E-state index contributed by atoms with van der Waals surface area (Å²) in [4.78, 5) is 11.7. The quantitative estimate of drug-likeness (QED) is 0.849. The van der Waals surface area contributed by atoms with Crippen LogP contribution in [-0.2, 0) is 4.74 Å². The van der Waals surface area contributed by atoms with Gasteiger partial charge in [0.15, 0.2) is 0 Å². The summed E-state index contributed by atoms with van der Waals surface area (Å²) in [6.07, 6.45) is 2.15. The topological polar surface area (TPSA) is 50.4 Å². The van der Waals surface area contributed by atoms with Crippen LogP contribution in [0.1, 0.15) is 47.5 Å². The minimum absolute atomic E-state index is 0.429. The van der Waals surface area contributed by atoms with Gasteiger partial charge in [0.2, 0.25) is 0 Å². The van der Waals surface area contributed by atoms with Crippen LogP contribution >= 0.6 is 0 Å². The molecule has 0 spiro atoms. The molecule has 1 amide bonds. The number of hydrogen-bond donors (Lipinski definition) is 2. The monoisotopic (exact) mass is 290 g/mol. The molecule has 1 atom stereocenters. The van der Waals surface area contributed by atoms with Crippen LogP contribution in [0.25, 0.3) is 0 Å². The van der Waals surface area contributed by atoms with Crippen LogP contribution in [0.5, 0.6) is 0 Å². The predicted octanol–water partition coefficient (Wildman–Crippen LogP) is 4.63. The van der Waals surface area contributed by atoms with Gasteiger partial charge in [-0.05, 0) is 70.2 Å². The highest BCUT2D eigenvalue weighted by atomic mass is 16.6. The molecule has 21 heavy (non-hydrogen) atoms. The standard InChI is InChI=1S/C17H26N2O2/c1-12(17(5)10-11-17)18-13-6-8-14(9-7-13)19-15(20)21-16(2,3)4/h6-9,12,18H,10-11H2,1-5H3,(H,19,20). The number of amides is 1. The van der Waals surface area contributed by atoms with E-state index in [1.165, 1.54) is 12.8 Å². The highest BCUT2D eigenvalue weighted by Gasteiger charge is 2.42. The third-order valence-corrected chi connectivity index (χ3v) is 4.00. The number of rotatable bonds is 4. The van der Waals surface area contributed by atoms with E-state index in [-0.39, 0.29) is 0 Å². The molecule has 116 valence electrons. The molecule has 0 bridgehead atoms. The number of carbonyl (C=O) groups excluding carboxylic acids is 1. The van der Waals surface area contributed by atoms with Gasteiger partial charge in [0, 0.05) is 17.4 Å². The smallest absolute Gasteiger partial charge is 0.412 e. The van der Waals surface area contributed by atoms with E-state index in [1.807, 2.05) is 45.0 Å². The third-order valence-electron chi connectivity index (χ3n) is 4.00. The zero-order chi connectivity index (χ0) is 15.7. The summed E-state index contributed by atoms with van der Waals surface area (Å²) in [5.74, 6) is 0. The molecule has 2 N–H and O–H groups in total. The van der Waals surface area contributed by atoms with Crippen LogP contribution < -0.4 is 10.6 Å². The zero-order valence-electron chi connectivity index (χ0n) is 13.6. The average Bonchev–Trinajstić information content (AvgIpc) is 3.09. The van der Waals surface area contributed by atoms with Crippen molar-refractivity contribution in [3.05, 3.63) is 24.3 Å². The molecule has 1 aliphatic rings. The highest BCUT2D eigenvalue weighted by Crippen LogP contribution is 2.48. The van der Waals surface area contributed by atoms with Crippen molar-refractivity contribution >= 4 is 17.5 Å². The molecule has 0 heterocycles. The molecule has 4 heteroatoms. The van der Waals surface area contributed by atoms with Gasteiger partial charge in [0.05, 0.1) is 0 Å². The Balaban J connectivity index is 1.88. The van der Waals surface area contributed by atoms with Crippen LogP contribution in [-0.4, -0.2) is 17.7 Å². The Bertz CT molecular complexity index is 499. The first-order valence-corrected chi connectivity index (χ1v) is 7.55. The van der Waals surface area contributed by atoms with Gasteiger partial charge in [-0.15, -0.1) is 0 Å². The van der Waals surface area contributed by atoms with Crippen molar-refractivity contribution in [3.63, 3.8) is 0 Å². The van der Waals surface area contributed by atoms with E-state index in [0.29, 0.717) is 11.5 Å². The van der Waals surface area contributed by atoms with Crippen molar-refractivity contribution in [2.24, 2.45) is 5.41 Å². The first-order chi connectivity index (χ1) is 9.68. The van der Waals surface area contributed by atoms with E-state index in [9.17, 15) is 4.79 Å². The maximum Gasteiger partial charge on any atom is 0.412 e. The van der Waals surface area contributed by atoms with E-state index in [4.69, 9.17) is 4.74 Å². The second-order valence-electron chi connectivity index (χ2n) is 7.22. The zero-order valence-corrected chi connectivity index (χ0v) is 13.6. The summed E-state index contributed by atoms with van der Waals surface area (Å²) in [5.41, 5.74) is 1.76. The lowest BCUT2D eigenvalue weighted by Gasteiger charge is -2.22. The fraction of sp³-hybridized carbons (Fsp3) is 0.588. The van der Waals surface area contributed by atoms with Gasteiger partial charge in [-0.3, -0.25) is 5.32 Å². The van der Waals surface area contributed by atoms with Crippen LogP contribution in [0, 0.1) is 5.41 Å². The summed E-state index contributed by atoms with van der Waals surface area (Å²) >= 11 is 0. The minimum atomic E-state index is -0.485. The summed E-state index contributed by atoms with van der Waals surface area (Å²) in [7, 11) is 0. The number of nitrogens with one attached hydrogen (secondary N) is 2. The molecule has 0 saturated heterocycles. The highest BCUT2D eigenvalue weighted by molar-refractivity contribution is 5.85. The van der Waals surface area contributed by atoms with Crippen molar-refractivity contribution in [3.8, 4) is 0 Å². The van der Waals surface area contributed by atoms with Crippen LogP contribution in [0.3, 0.4) is 0 Å². The molecule has 2 rings (SSSR count). The van der Waals surface area contributed by atoms with Crippen LogP contribution in [0.4, 0.5) is 16.2 Å². The van der Waals surface area contributed by atoms with Crippen molar-refractivity contribution in [1.82, 2.24) is 0 Å². The SMILES string of the molecule is CC(Nc1ccc(NC(=O)OC(C)(C)C)cc1)C1(C)CC1. The van der Waals surface area contributed by atoms with Gasteiger partial charge in [-0.2, -0.15) is 0 Å². The molecule has 1 fully saturated rings. The number of hydrogen-bond acceptors (Lipinski definition) is 3. The Morgan fingerprint density at radius 1 is 1.19 bits per heavy atom. The molecule has 1 aromatic carbocycles. The number of benzene rings is 1. The maximum atomic E-state index is 11.7. The summed E-state index contributed by atoms with van der Waals surface area (Å²) < 4.78 is 5.22. The Morgan fingerprint density at radius 3 is 2.19 bits per heavy atom. The molecular formula is C17H26N2O2. The molecule has 0 aliphatic heterocycles. The Hall–Kier alpha value is -1.71. The van der Waals surface area contributed by atoms with Crippen molar-refractivity contribution < 1.29 is 9.53 Å². The third kappa shape index (κ3) is 4.66. The van der Waals surface area contributed by atoms with Crippen LogP contribution in [0.15, 0.2) is 24.3 Å². The largest absolute Gasteiger partial charge is 0.444 e. The molecule has 1 aromatic rings. The minimum Gasteiger partial charge on any atom is -0.444 e. The summed E-state index contributed by atoms with van der Waals surface area (Å²) in [6, 6.07) is 8.19. The summed E-state index contributed by atoms with van der Waals surface area (Å²) in [6.45, 7) is 10.1. The van der Waals surface area contributed by atoms with E-state index in [0.717, 1.165) is 11.4 Å². The lowest BCUT2D eigenvalue weighted by molar-refractivity contribution is 0.0636. The first kappa shape index (κ1) is 15.7. The molecule has 0 aromatic heterocycles. The van der Waals surface area contributed by atoms with E-state index >= 15 is 0 Å². The second-order valence-corrected chi connectivity index (χ2v) is 7.22. The molecule has 1 aliphatic carbocycles. The van der Waals surface area contributed by atoms with Crippen molar-refractivity contribution in [1.29, 1.82) is 0 Å². The number of anilines is 2. The molecule has 1 unspecified atom stereocenters. The fourth-order valence-electron chi connectivity index (χ4n) is 2.13. The lowest BCUT2D eigenvalue weighted by Crippen LogP contribution is -2.27.